The first-order valence-corrected chi connectivity index (χ1v) is 21.4. The molecule has 4 nitrogen and oxygen atoms in total. The fourth-order valence-corrected chi connectivity index (χ4v) is 9.59. The van der Waals surface area contributed by atoms with Crippen molar-refractivity contribution in [2.24, 2.45) is 0 Å². The minimum Gasteiger partial charge on any atom is -0.227 e. The molecular formula is C59H44N4. The Morgan fingerprint density at radius 3 is 1.89 bits per heavy atom. The SMILES string of the molecule is C=C1/C=C\C=C/Cc2ccc(-c3cc(-c4ccc5c(c4)C(C)(C)c4ccccc4-5)cc4c(-c5ccc(-c6ccccc6C#N)cc5)nc(-c5ccccc5C#N)nc34)cc2C1(C)C. The second kappa shape index (κ2) is 15.2. The lowest BCUT2D eigenvalue weighted by atomic mass is 9.74. The van der Waals surface area contributed by atoms with E-state index >= 15 is 0 Å². The third-order valence-electron chi connectivity index (χ3n) is 13.3. The zero-order valence-electron chi connectivity index (χ0n) is 35.9. The lowest BCUT2D eigenvalue weighted by Gasteiger charge is -2.29. The van der Waals surface area contributed by atoms with Crippen molar-refractivity contribution < 1.29 is 0 Å². The lowest BCUT2D eigenvalue weighted by Crippen LogP contribution is -2.20. The summed E-state index contributed by atoms with van der Waals surface area (Å²) in [4.78, 5) is 10.8. The van der Waals surface area contributed by atoms with Crippen molar-refractivity contribution in [3.05, 3.63) is 215 Å². The molecular weight excluding hydrogens is 765 g/mol. The maximum absolute atomic E-state index is 10.3. The fourth-order valence-electron chi connectivity index (χ4n) is 9.59. The number of nitriles is 2. The van der Waals surface area contributed by atoms with Crippen molar-refractivity contribution in [2.45, 2.75) is 44.9 Å². The third-order valence-corrected chi connectivity index (χ3v) is 13.3. The van der Waals surface area contributed by atoms with Crippen LogP contribution in [-0.4, -0.2) is 9.97 Å². The van der Waals surface area contributed by atoms with Gasteiger partial charge in [-0.3, -0.25) is 0 Å². The molecule has 0 aliphatic heterocycles. The highest BCUT2D eigenvalue weighted by Crippen LogP contribution is 2.50. The zero-order chi connectivity index (χ0) is 43.5. The molecule has 2 aliphatic rings. The Kier molecular flexibility index (Phi) is 9.47. The number of allylic oxidation sites excluding steroid dienone is 5. The van der Waals surface area contributed by atoms with Gasteiger partial charge in [0.25, 0.3) is 0 Å². The van der Waals surface area contributed by atoms with Crippen LogP contribution < -0.4 is 0 Å². The largest absolute Gasteiger partial charge is 0.227 e. The summed E-state index contributed by atoms with van der Waals surface area (Å²) in [6, 6.07) is 55.2. The van der Waals surface area contributed by atoms with Crippen LogP contribution in [0.3, 0.4) is 0 Å². The van der Waals surface area contributed by atoms with Crippen LogP contribution in [0.5, 0.6) is 0 Å². The molecule has 0 saturated carbocycles. The highest BCUT2D eigenvalue weighted by atomic mass is 14.9. The van der Waals surface area contributed by atoms with Gasteiger partial charge in [-0.05, 0) is 116 Å². The van der Waals surface area contributed by atoms with E-state index in [0.717, 1.165) is 67.5 Å². The first-order valence-electron chi connectivity index (χ1n) is 21.4. The van der Waals surface area contributed by atoms with Crippen molar-refractivity contribution in [3.8, 4) is 79.3 Å². The van der Waals surface area contributed by atoms with Crippen molar-refractivity contribution in [1.29, 1.82) is 10.5 Å². The van der Waals surface area contributed by atoms with E-state index in [2.05, 4.69) is 168 Å². The van der Waals surface area contributed by atoms with Gasteiger partial charge in [0.2, 0.25) is 0 Å². The quantitative estimate of drug-likeness (QED) is 0.174. The Morgan fingerprint density at radius 1 is 0.508 bits per heavy atom. The Morgan fingerprint density at radius 2 is 1.13 bits per heavy atom. The molecule has 0 unspecified atom stereocenters. The second-order valence-electron chi connectivity index (χ2n) is 17.7. The van der Waals surface area contributed by atoms with E-state index in [1.807, 2.05) is 48.5 Å². The number of hydrogen-bond donors (Lipinski definition) is 0. The number of nitrogens with zero attached hydrogens (tertiary/aromatic N) is 4. The maximum Gasteiger partial charge on any atom is 0.161 e. The Hall–Kier alpha value is -7.92. The van der Waals surface area contributed by atoms with Crippen LogP contribution in [0.1, 0.15) is 61.1 Å². The van der Waals surface area contributed by atoms with Crippen molar-refractivity contribution >= 4 is 10.9 Å². The molecule has 7 aromatic carbocycles. The summed E-state index contributed by atoms with van der Waals surface area (Å²) in [5.74, 6) is 0.478. The second-order valence-corrected chi connectivity index (χ2v) is 17.7. The molecule has 2 aliphatic carbocycles. The molecule has 0 spiro atoms. The summed E-state index contributed by atoms with van der Waals surface area (Å²) in [6.45, 7) is 13.7. The van der Waals surface area contributed by atoms with Crippen LogP contribution >= 0.6 is 0 Å². The molecule has 300 valence electrons. The normalized spacial score (nSPS) is 15.4. The first kappa shape index (κ1) is 39.2. The van der Waals surface area contributed by atoms with Crippen LogP contribution in [-0.2, 0) is 17.3 Å². The van der Waals surface area contributed by atoms with Crippen LogP contribution in [0.25, 0.3) is 78.1 Å². The van der Waals surface area contributed by atoms with Crippen molar-refractivity contribution in [1.82, 2.24) is 9.97 Å². The zero-order valence-corrected chi connectivity index (χ0v) is 35.9. The van der Waals surface area contributed by atoms with Gasteiger partial charge in [-0.25, -0.2) is 9.97 Å². The summed E-state index contributed by atoms with van der Waals surface area (Å²) in [6.07, 6.45) is 9.31. The van der Waals surface area contributed by atoms with Gasteiger partial charge in [-0.1, -0.05) is 162 Å². The van der Waals surface area contributed by atoms with E-state index in [0.29, 0.717) is 22.5 Å². The standard InChI is InChI=1S/C59H44N4/c1-37-15-7-6-8-16-39-25-28-42(34-53(39)58(37,2)3)50-31-45(41-29-30-49-48-21-13-14-22-52(48)59(4,5)54(49)33-41)32-51-55(62-57(63-56(50)51)47-20-12-10-18-44(47)36-61)40-26-23-38(24-27-40)46-19-11-9-17-43(46)35-60/h6-15,17-34H,1,16H2,2-5H3/b8-6-,15-7-. The van der Waals surface area contributed by atoms with Gasteiger partial charge in [-0.15, -0.1) is 0 Å². The van der Waals surface area contributed by atoms with Crippen LogP contribution in [0.15, 0.2) is 182 Å². The predicted octanol–water partition coefficient (Wildman–Crippen LogP) is 14.5. The molecule has 0 amide bonds. The third kappa shape index (κ3) is 6.60. The van der Waals surface area contributed by atoms with Crippen LogP contribution in [0, 0.1) is 22.7 Å². The molecule has 4 heteroatoms. The molecule has 0 saturated heterocycles. The first-order chi connectivity index (χ1) is 30.6. The Balaban J connectivity index is 1.27. The molecule has 63 heavy (non-hydrogen) atoms. The average molecular weight is 809 g/mol. The Bertz CT molecular complexity index is 3350. The van der Waals surface area contributed by atoms with Crippen molar-refractivity contribution in [3.63, 3.8) is 0 Å². The number of fused-ring (bicyclic) bond motifs is 5. The molecule has 1 aromatic heterocycles. The molecule has 0 radical (unpaired) electrons. The average Bonchev–Trinajstić information content (AvgIpc) is 3.57. The number of hydrogen-bond acceptors (Lipinski definition) is 4. The van der Waals surface area contributed by atoms with Gasteiger partial charge in [-0.2, -0.15) is 10.5 Å². The molecule has 10 rings (SSSR count). The topological polar surface area (TPSA) is 73.4 Å². The van der Waals surface area contributed by atoms with Gasteiger partial charge < -0.3 is 0 Å². The smallest absolute Gasteiger partial charge is 0.161 e. The monoisotopic (exact) mass is 808 g/mol. The van der Waals surface area contributed by atoms with Crippen LogP contribution in [0.2, 0.25) is 0 Å². The summed E-state index contributed by atoms with van der Waals surface area (Å²) in [5, 5.41) is 21.1. The summed E-state index contributed by atoms with van der Waals surface area (Å²) >= 11 is 0. The van der Waals surface area contributed by atoms with Gasteiger partial charge >= 0.3 is 0 Å². The van der Waals surface area contributed by atoms with E-state index in [-0.39, 0.29) is 10.8 Å². The van der Waals surface area contributed by atoms with Crippen LogP contribution in [0.4, 0.5) is 0 Å². The number of aromatic nitrogens is 2. The van der Waals surface area contributed by atoms with E-state index in [9.17, 15) is 10.5 Å². The molecule has 0 atom stereocenters. The number of rotatable bonds is 5. The van der Waals surface area contributed by atoms with Gasteiger partial charge in [0, 0.05) is 32.9 Å². The van der Waals surface area contributed by atoms with E-state index in [1.54, 1.807) is 0 Å². The van der Waals surface area contributed by atoms with Gasteiger partial charge in [0.05, 0.1) is 34.5 Å². The van der Waals surface area contributed by atoms with E-state index in [1.165, 1.54) is 33.4 Å². The van der Waals surface area contributed by atoms with Gasteiger partial charge in [0.15, 0.2) is 5.82 Å². The minimum absolute atomic E-state index is 0.171. The molecule has 1 heterocycles. The Labute approximate surface area is 369 Å². The fraction of sp³-hybridized carbons (Fsp3) is 0.119. The molecule has 8 aromatic rings. The van der Waals surface area contributed by atoms with Crippen molar-refractivity contribution in [2.75, 3.05) is 0 Å². The molecule has 0 bridgehead atoms. The maximum atomic E-state index is 10.3. The number of benzene rings is 7. The summed E-state index contributed by atoms with van der Waals surface area (Å²) < 4.78 is 0. The van der Waals surface area contributed by atoms with E-state index < -0.39 is 0 Å². The highest BCUT2D eigenvalue weighted by Gasteiger charge is 2.35. The van der Waals surface area contributed by atoms with E-state index in [4.69, 9.17) is 9.97 Å². The van der Waals surface area contributed by atoms with Gasteiger partial charge in [0.1, 0.15) is 0 Å². The molecule has 0 fully saturated rings. The summed E-state index contributed by atoms with van der Waals surface area (Å²) in [5.41, 5.74) is 18.4. The summed E-state index contributed by atoms with van der Waals surface area (Å²) in [7, 11) is 0. The molecule has 0 N–H and O–H groups in total. The highest BCUT2D eigenvalue weighted by molar-refractivity contribution is 6.05. The minimum atomic E-state index is -0.342. The predicted molar refractivity (Wildman–Crippen MR) is 258 cm³/mol. The lowest BCUT2D eigenvalue weighted by molar-refractivity contribution is 0.635.